The summed E-state index contributed by atoms with van der Waals surface area (Å²) >= 11 is 0. The van der Waals surface area contributed by atoms with Crippen molar-refractivity contribution in [3.05, 3.63) is 125 Å². The second kappa shape index (κ2) is 11.3. The molecule has 3 aliphatic rings. The summed E-state index contributed by atoms with van der Waals surface area (Å²) in [5.41, 5.74) is 4.32. The molecule has 3 heterocycles. The predicted octanol–water partition coefficient (Wildman–Crippen LogP) is 5.84. The van der Waals surface area contributed by atoms with E-state index >= 15 is 0 Å². The van der Waals surface area contributed by atoms with E-state index < -0.39 is 0 Å². The van der Waals surface area contributed by atoms with E-state index in [0.717, 1.165) is 33.8 Å². The van der Waals surface area contributed by atoms with Crippen LogP contribution < -0.4 is 14.3 Å². The Morgan fingerprint density at radius 1 is 0.625 bits per heavy atom. The summed E-state index contributed by atoms with van der Waals surface area (Å²) < 4.78 is 31.0. The van der Waals surface area contributed by atoms with Crippen LogP contribution in [0.15, 0.2) is 103 Å². The lowest BCUT2D eigenvalue weighted by atomic mass is 9.99. The fourth-order valence-corrected chi connectivity index (χ4v) is 5.66. The van der Waals surface area contributed by atoms with Crippen LogP contribution in [0.25, 0.3) is 0 Å². The summed E-state index contributed by atoms with van der Waals surface area (Å²) in [7, 11) is 0. The zero-order valence-electron chi connectivity index (χ0n) is 22.1. The third-order valence-corrected chi connectivity index (χ3v) is 7.61. The molecule has 0 unspecified atom stereocenters. The van der Waals surface area contributed by atoms with Crippen molar-refractivity contribution in [1.82, 2.24) is 5.06 Å². The fraction of sp³-hybridized carbons (Fsp3) is 0.273. The standard InChI is InChI=1S/C33H31NO6/c1-4-10-23(11-5-1)18-35-21-27-32(36-19-24-12-6-2-7-13-24)33(37-20-25-14-8-3-9-15-25)31-26-16-29-30(39-22-38-29)17-28(26)40-34(27)31/h1-17,27,31-33H,18-22H2/t27-,31+,32+,33+/m0/s1. The minimum absolute atomic E-state index is 0.195. The van der Waals surface area contributed by atoms with E-state index in [2.05, 4.69) is 36.4 Å². The first kappa shape index (κ1) is 25.1. The third-order valence-electron chi connectivity index (χ3n) is 7.61. The van der Waals surface area contributed by atoms with E-state index in [-0.39, 0.29) is 31.1 Å². The van der Waals surface area contributed by atoms with Crippen molar-refractivity contribution in [2.24, 2.45) is 0 Å². The van der Waals surface area contributed by atoms with Crippen LogP contribution in [0.5, 0.6) is 17.2 Å². The number of hydrogen-bond donors (Lipinski definition) is 0. The molecule has 7 nitrogen and oxygen atoms in total. The van der Waals surface area contributed by atoms with Crippen molar-refractivity contribution < 1.29 is 28.5 Å². The average Bonchev–Trinajstić information content (AvgIpc) is 3.68. The second-order valence-electron chi connectivity index (χ2n) is 10.2. The Labute approximate surface area is 233 Å². The van der Waals surface area contributed by atoms with E-state index in [0.29, 0.717) is 32.2 Å². The molecule has 7 rings (SSSR count). The first-order valence-electron chi connectivity index (χ1n) is 13.7. The Balaban J connectivity index is 1.19. The minimum Gasteiger partial charge on any atom is -0.454 e. The molecule has 7 heteroatoms. The summed E-state index contributed by atoms with van der Waals surface area (Å²) in [6.45, 7) is 2.04. The van der Waals surface area contributed by atoms with Crippen molar-refractivity contribution in [2.45, 2.75) is 44.1 Å². The van der Waals surface area contributed by atoms with Crippen LogP contribution in [0, 0.1) is 0 Å². The number of hydrogen-bond acceptors (Lipinski definition) is 7. The molecule has 0 saturated carbocycles. The van der Waals surface area contributed by atoms with Gasteiger partial charge >= 0.3 is 0 Å². The van der Waals surface area contributed by atoms with Crippen molar-refractivity contribution in [3.63, 3.8) is 0 Å². The van der Waals surface area contributed by atoms with Gasteiger partial charge in [-0.15, -0.1) is 5.06 Å². The molecule has 3 aliphatic heterocycles. The van der Waals surface area contributed by atoms with Gasteiger partial charge in [-0.1, -0.05) is 91.0 Å². The maximum absolute atomic E-state index is 6.70. The number of hydroxylamine groups is 2. The highest BCUT2D eigenvalue weighted by Crippen LogP contribution is 2.52. The summed E-state index contributed by atoms with van der Waals surface area (Å²) in [5.74, 6) is 2.16. The molecular formula is C33H31NO6. The number of ether oxygens (including phenoxy) is 5. The quantitative estimate of drug-likeness (QED) is 0.252. The van der Waals surface area contributed by atoms with Crippen LogP contribution >= 0.6 is 0 Å². The molecule has 40 heavy (non-hydrogen) atoms. The SMILES string of the molecule is c1ccc(COC[C@H]2[C@@H](OCc3ccccc3)[C@H](OCc3ccccc3)[C@H]3c4cc5c(cc4ON32)OCO5)cc1. The first-order valence-corrected chi connectivity index (χ1v) is 13.7. The predicted molar refractivity (Wildman–Crippen MR) is 148 cm³/mol. The Morgan fingerprint density at radius 2 is 1.18 bits per heavy atom. The maximum atomic E-state index is 6.70. The van der Waals surface area contributed by atoms with Gasteiger partial charge in [0.15, 0.2) is 17.2 Å². The molecule has 0 bridgehead atoms. The number of benzene rings is 4. The summed E-state index contributed by atoms with van der Waals surface area (Å²) in [6, 6.07) is 34.1. The lowest BCUT2D eigenvalue weighted by Crippen LogP contribution is -2.42. The Kier molecular flexibility index (Phi) is 7.10. The zero-order valence-corrected chi connectivity index (χ0v) is 22.1. The number of nitrogens with zero attached hydrogens (tertiary/aromatic N) is 1. The van der Waals surface area contributed by atoms with Crippen LogP contribution in [-0.4, -0.2) is 36.7 Å². The van der Waals surface area contributed by atoms with Crippen molar-refractivity contribution in [3.8, 4) is 17.2 Å². The number of fused-ring (bicyclic) bond motifs is 4. The lowest BCUT2D eigenvalue weighted by Gasteiger charge is -2.27. The molecule has 4 aromatic rings. The summed E-state index contributed by atoms with van der Waals surface area (Å²) in [5, 5.41) is 2.00. The van der Waals surface area contributed by atoms with E-state index in [1.807, 2.05) is 71.8 Å². The molecule has 1 saturated heterocycles. The minimum atomic E-state index is -0.309. The lowest BCUT2D eigenvalue weighted by molar-refractivity contribution is -0.125. The molecule has 4 aromatic carbocycles. The van der Waals surface area contributed by atoms with Crippen LogP contribution in [-0.2, 0) is 34.0 Å². The Morgan fingerprint density at radius 3 is 1.80 bits per heavy atom. The molecule has 1 fully saturated rings. The maximum Gasteiger partial charge on any atom is 0.231 e. The molecule has 0 radical (unpaired) electrons. The van der Waals surface area contributed by atoms with Gasteiger partial charge in [-0.3, -0.25) is 0 Å². The largest absolute Gasteiger partial charge is 0.454 e. The zero-order chi connectivity index (χ0) is 26.7. The topological polar surface area (TPSA) is 58.6 Å². The molecule has 4 atom stereocenters. The highest BCUT2D eigenvalue weighted by Gasteiger charge is 2.57. The highest BCUT2D eigenvalue weighted by molar-refractivity contribution is 5.55. The van der Waals surface area contributed by atoms with Gasteiger partial charge in [-0.2, -0.15) is 0 Å². The van der Waals surface area contributed by atoms with E-state index in [9.17, 15) is 0 Å². The molecular weight excluding hydrogens is 506 g/mol. The highest BCUT2D eigenvalue weighted by atomic mass is 16.7. The molecule has 0 N–H and O–H groups in total. The molecule has 0 aliphatic carbocycles. The number of rotatable bonds is 10. The normalized spacial score (nSPS) is 22.6. The smallest absolute Gasteiger partial charge is 0.231 e. The fourth-order valence-electron chi connectivity index (χ4n) is 5.66. The Bertz CT molecular complexity index is 1420. The van der Waals surface area contributed by atoms with Gasteiger partial charge in [0.2, 0.25) is 6.79 Å². The molecule has 0 spiro atoms. The molecule has 0 aromatic heterocycles. The van der Waals surface area contributed by atoms with Crippen molar-refractivity contribution in [1.29, 1.82) is 0 Å². The second-order valence-corrected chi connectivity index (χ2v) is 10.2. The van der Waals surface area contributed by atoms with Crippen molar-refractivity contribution in [2.75, 3.05) is 13.4 Å². The van der Waals surface area contributed by atoms with E-state index in [1.165, 1.54) is 0 Å². The van der Waals surface area contributed by atoms with E-state index in [4.69, 9.17) is 28.5 Å². The molecule has 204 valence electrons. The first-order chi connectivity index (χ1) is 19.8. The average molecular weight is 538 g/mol. The van der Waals surface area contributed by atoms with Crippen LogP contribution in [0.1, 0.15) is 28.3 Å². The van der Waals surface area contributed by atoms with Gasteiger partial charge in [-0.25, -0.2) is 0 Å². The van der Waals surface area contributed by atoms with Gasteiger partial charge in [0, 0.05) is 11.6 Å². The van der Waals surface area contributed by atoms with Gasteiger partial charge in [-0.05, 0) is 22.8 Å². The van der Waals surface area contributed by atoms with Crippen LogP contribution in [0.2, 0.25) is 0 Å². The summed E-state index contributed by atoms with van der Waals surface area (Å²) in [4.78, 5) is 6.49. The third kappa shape index (κ3) is 5.05. The van der Waals surface area contributed by atoms with Crippen LogP contribution in [0.4, 0.5) is 0 Å². The van der Waals surface area contributed by atoms with Crippen molar-refractivity contribution >= 4 is 0 Å². The van der Waals surface area contributed by atoms with Gasteiger partial charge < -0.3 is 28.5 Å². The van der Waals surface area contributed by atoms with Gasteiger partial charge in [0.25, 0.3) is 0 Å². The molecule has 0 amide bonds. The Hall–Kier alpha value is -3.88. The van der Waals surface area contributed by atoms with Crippen LogP contribution in [0.3, 0.4) is 0 Å². The monoisotopic (exact) mass is 537 g/mol. The van der Waals surface area contributed by atoms with Gasteiger partial charge in [0.1, 0.15) is 18.2 Å². The van der Waals surface area contributed by atoms with Gasteiger partial charge in [0.05, 0.1) is 32.5 Å². The summed E-state index contributed by atoms with van der Waals surface area (Å²) in [6.07, 6.45) is -0.612. The van der Waals surface area contributed by atoms with E-state index in [1.54, 1.807) is 0 Å².